The van der Waals surface area contributed by atoms with Crippen LogP contribution in [0.2, 0.25) is 0 Å². The average Bonchev–Trinajstić information content (AvgIpc) is 3.13. The lowest BCUT2D eigenvalue weighted by Crippen LogP contribution is -2.41. The number of carbonyl (C=O) groups is 2. The normalized spacial score (nSPS) is 12.8. The van der Waals surface area contributed by atoms with Crippen molar-refractivity contribution in [2.75, 3.05) is 0 Å². The molecule has 0 unspecified atom stereocenters. The summed E-state index contributed by atoms with van der Waals surface area (Å²) in [4.78, 5) is 26.4. The van der Waals surface area contributed by atoms with Crippen molar-refractivity contribution in [2.24, 2.45) is 0 Å². The van der Waals surface area contributed by atoms with Crippen molar-refractivity contribution in [3.8, 4) is 0 Å². The molecule has 0 atom stereocenters. The van der Waals surface area contributed by atoms with Gasteiger partial charge < -0.3 is 4.98 Å². The summed E-state index contributed by atoms with van der Waals surface area (Å²) >= 11 is 0. The first-order valence-corrected chi connectivity index (χ1v) is 6.60. The zero-order valence-corrected chi connectivity index (χ0v) is 10.9. The van der Waals surface area contributed by atoms with Crippen LogP contribution in [0.25, 0.3) is 0 Å². The molecule has 2 amide bonds. The van der Waals surface area contributed by atoms with E-state index in [1.807, 2.05) is 12.1 Å². The van der Waals surface area contributed by atoms with E-state index < -0.39 is 0 Å². The van der Waals surface area contributed by atoms with Crippen molar-refractivity contribution in [1.82, 2.24) is 15.8 Å². The lowest BCUT2D eigenvalue weighted by molar-refractivity contribution is 0.0844. The molecule has 1 aliphatic carbocycles. The van der Waals surface area contributed by atoms with E-state index in [0.29, 0.717) is 11.3 Å². The number of hydrogen-bond donors (Lipinski definition) is 3. The molecule has 0 saturated heterocycles. The number of benzene rings is 1. The second-order valence-corrected chi connectivity index (χ2v) is 4.83. The molecule has 102 valence electrons. The molecule has 3 rings (SSSR count). The Hall–Kier alpha value is -2.56. The van der Waals surface area contributed by atoms with Gasteiger partial charge >= 0.3 is 0 Å². The van der Waals surface area contributed by atoms with Crippen LogP contribution in [0, 0.1) is 0 Å². The first kappa shape index (κ1) is 12.5. The van der Waals surface area contributed by atoms with Gasteiger partial charge in [-0.25, -0.2) is 0 Å². The maximum absolute atomic E-state index is 12.0. The van der Waals surface area contributed by atoms with Crippen LogP contribution < -0.4 is 10.9 Å². The number of carbonyl (C=O) groups excluding carboxylic acids is 2. The van der Waals surface area contributed by atoms with Crippen LogP contribution >= 0.6 is 0 Å². The lowest BCUT2D eigenvalue weighted by atomic mass is 10.1. The number of hydrazine groups is 1. The Morgan fingerprint density at radius 3 is 2.60 bits per heavy atom. The third kappa shape index (κ3) is 2.42. The fourth-order valence-electron chi connectivity index (χ4n) is 2.44. The zero-order chi connectivity index (χ0) is 13.9. The number of aryl methyl sites for hydroxylation is 2. The minimum atomic E-state index is -0.371. The standard InChI is InChI=1S/C15H15N3O2/c19-14(17-18-15(20)13-5-2-8-16-13)12-7-6-10-3-1-4-11(10)9-12/h2,5-9,16H,1,3-4H2,(H,17,19)(H,18,20). The summed E-state index contributed by atoms with van der Waals surface area (Å²) in [6.07, 6.45) is 4.90. The summed E-state index contributed by atoms with van der Waals surface area (Å²) in [7, 11) is 0. The van der Waals surface area contributed by atoms with Gasteiger partial charge in [-0.05, 0) is 54.7 Å². The molecular formula is C15H15N3O2. The highest BCUT2D eigenvalue weighted by atomic mass is 16.2. The van der Waals surface area contributed by atoms with Crippen molar-refractivity contribution in [3.05, 3.63) is 58.9 Å². The highest BCUT2D eigenvalue weighted by Gasteiger charge is 2.14. The quantitative estimate of drug-likeness (QED) is 0.724. The smallest absolute Gasteiger partial charge is 0.286 e. The molecule has 1 aromatic heterocycles. The number of aromatic nitrogens is 1. The van der Waals surface area contributed by atoms with Crippen LogP contribution in [0.5, 0.6) is 0 Å². The first-order valence-electron chi connectivity index (χ1n) is 6.60. The molecule has 1 aliphatic rings. The number of rotatable bonds is 2. The maximum atomic E-state index is 12.0. The van der Waals surface area contributed by atoms with Crippen molar-refractivity contribution < 1.29 is 9.59 Å². The maximum Gasteiger partial charge on any atom is 0.286 e. The number of H-pyrrole nitrogens is 1. The molecule has 1 heterocycles. The van der Waals surface area contributed by atoms with E-state index in [0.717, 1.165) is 19.3 Å². The highest BCUT2D eigenvalue weighted by Crippen LogP contribution is 2.22. The molecular weight excluding hydrogens is 254 g/mol. The van der Waals surface area contributed by atoms with Crippen LogP contribution in [-0.4, -0.2) is 16.8 Å². The summed E-state index contributed by atoms with van der Waals surface area (Å²) < 4.78 is 0. The first-order chi connectivity index (χ1) is 9.74. The van der Waals surface area contributed by atoms with Gasteiger partial charge in [0.25, 0.3) is 11.8 Å². The molecule has 0 bridgehead atoms. The minimum absolute atomic E-state index is 0.306. The van der Waals surface area contributed by atoms with Crippen LogP contribution in [0.4, 0.5) is 0 Å². The Bertz CT molecular complexity index is 647. The number of aromatic amines is 1. The molecule has 0 radical (unpaired) electrons. The third-order valence-electron chi connectivity index (χ3n) is 3.49. The summed E-state index contributed by atoms with van der Waals surface area (Å²) in [5, 5.41) is 0. The van der Waals surface area contributed by atoms with Crippen molar-refractivity contribution in [2.45, 2.75) is 19.3 Å². The largest absolute Gasteiger partial charge is 0.357 e. The van der Waals surface area contributed by atoms with Gasteiger partial charge in [-0.2, -0.15) is 0 Å². The number of hydrogen-bond acceptors (Lipinski definition) is 2. The fraction of sp³-hybridized carbons (Fsp3) is 0.200. The van der Waals surface area contributed by atoms with Gasteiger partial charge in [0.2, 0.25) is 0 Å². The Balaban J connectivity index is 1.63. The number of amides is 2. The highest BCUT2D eigenvalue weighted by molar-refractivity contribution is 5.98. The monoisotopic (exact) mass is 269 g/mol. The lowest BCUT2D eigenvalue weighted by Gasteiger charge is -2.08. The topological polar surface area (TPSA) is 74.0 Å². The van der Waals surface area contributed by atoms with E-state index >= 15 is 0 Å². The van der Waals surface area contributed by atoms with Gasteiger partial charge in [0, 0.05) is 11.8 Å². The Labute approximate surface area is 116 Å². The molecule has 0 aliphatic heterocycles. The van der Waals surface area contributed by atoms with Crippen LogP contribution in [0.1, 0.15) is 38.4 Å². The fourth-order valence-corrected chi connectivity index (χ4v) is 2.44. The van der Waals surface area contributed by atoms with E-state index in [-0.39, 0.29) is 11.8 Å². The number of nitrogens with one attached hydrogen (secondary N) is 3. The van der Waals surface area contributed by atoms with Crippen molar-refractivity contribution >= 4 is 11.8 Å². The molecule has 3 N–H and O–H groups in total. The summed E-state index contributed by atoms with van der Waals surface area (Å²) in [6.45, 7) is 0. The molecule has 2 aromatic rings. The van der Waals surface area contributed by atoms with Crippen molar-refractivity contribution in [3.63, 3.8) is 0 Å². The zero-order valence-electron chi connectivity index (χ0n) is 10.9. The Morgan fingerprint density at radius 1 is 1.00 bits per heavy atom. The van der Waals surface area contributed by atoms with Crippen LogP contribution in [-0.2, 0) is 12.8 Å². The Kier molecular flexibility index (Phi) is 3.25. The van der Waals surface area contributed by atoms with Gasteiger partial charge in [0.05, 0.1) is 0 Å². The SMILES string of the molecule is O=C(NNC(=O)c1ccc[nH]1)c1ccc2c(c1)CCC2. The predicted octanol–water partition coefficient (Wildman–Crippen LogP) is 1.58. The molecule has 0 saturated carbocycles. The van der Waals surface area contributed by atoms with Gasteiger partial charge in [0.15, 0.2) is 0 Å². The molecule has 0 fully saturated rings. The van der Waals surface area contributed by atoms with Gasteiger partial charge in [-0.1, -0.05) is 6.07 Å². The second-order valence-electron chi connectivity index (χ2n) is 4.83. The predicted molar refractivity (Wildman–Crippen MR) is 74.2 cm³/mol. The molecule has 1 aromatic carbocycles. The van der Waals surface area contributed by atoms with Crippen LogP contribution in [0.3, 0.4) is 0 Å². The molecule has 5 nitrogen and oxygen atoms in total. The minimum Gasteiger partial charge on any atom is -0.357 e. The van der Waals surface area contributed by atoms with E-state index in [9.17, 15) is 9.59 Å². The third-order valence-corrected chi connectivity index (χ3v) is 3.49. The molecule has 5 heteroatoms. The van der Waals surface area contributed by atoms with Gasteiger partial charge in [-0.15, -0.1) is 0 Å². The van der Waals surface area contributed by atoms with E-state index in [4.69, 9.17) is 0 Å². The van der Waals surface area contributed by atoms with E-state index in [1.54, 1.807) is 24.4 Å². The molecule has 20 heavy (non-hydrogen) atoms. The second kappa shape index (κ2) is 5.21. The summed E-state index contributed by atoms with van der Waals surface area (Å²) in [5.74, 6) is -0.677. The van der Waals surface area contributed by atoms with E-state index in [2.05, 4.69) is 15.8 Å². The van der Waals surface area contributed by atoms with E-state index in [1.165, 1.54) is 11.1 Å². The van der Waals surface area contributed by atoms with Gasteiger partial charge in [0.1, 0.15) is 5.69 Å². The van der Waals surface area contributed by atoms with Gasteiger partial charge in [-0.3, -0.25) is 20.4 Å². The average molecular weight is 269 g/mol. The summed E-state index contributed by atoms with van der Waals surface area (Å²) in [6, 6.07) is 9.04. The molecule has 0 spiro atoms. The summed E-state index contributed by atoms with van der Waals surface area (Å²) in [5.41, 5.74) is 8.32. The van der Waals surface area contributed by atoms with Crippen LogP contribution in [0.15, 0.2) is 36.5 Å². The van der Waals surface area contributed by atoms with Crippen molar-refractivity contribution in [1.29, 1.82) is 0 Å². The Morgan fingerprint density at radius 2 is 1.80 bits per heavy atom. The number of fused-ring (bicyclic) bond motifs is 1.